The minimum absolute atomic E-state index is 0.630. The quantitative estimate of drug-likeness (QED) is 0.643. The molecule has 0 N–H and O–H groups in total. The molecule has 1 unspecified atom stereocenters. The van der Waals surface area contributed by atoms with Gasteiger partial charge < -0.3 is 9.80 Å². The zero-order valence-electron chi connectivity index (χ0n) is 8.80. The van der Waals surface area contributed by atoms with Crippen LogP contribution in [-0.2, 0) is 0 Å². The molecule has 1 fully saturated rings. The molecule has 0 bridgehead atoms. The molecule has 0 radical (unpaired) electrons. The van der Waals surface area contributed by atoms with Crippen molar-refractivity contribution in [2.75, 3.05) is 45.7 Å². The summed E-state index contributed by atoms with van der Waals surface area (Å²) in [6.45, 7) is 8.28. The SMILES string of the molecule is CC(CCl)CN1CCCN(C)CC1. The second kappa shape index (κ2) is 5.84. The van der Waals surface area contributed by atoms with Crippen LogP contribution in [-0.4, -0.2) is 55.5 Å². The van der Waals surface area contributed by atoms with E-state index in [0.29, 0.717) is 5.92 Å². The fourth-order valence-corrected chi connectivity index (χ4v) is 1.87. The van der Waals surface area contributed by atoms with Gasteiger partial charge in [-0.25, -0.2) is 0 Å². The molecule has 0 amide bonds. The van der Waals surface area contributed by atoms with E-state index in [1.54, 1.807) is 0 Å². The summed E-state index contributed by atoms with van der Waals surface area (Å²) in [5, 5.41) is 0. The molecule has 1 saturated heterocycles. The molecule has 1 rings (SSSR count). The molecular weight excluding hydrogens is 184 g/mol. The summed E-state index contributed by atoms with van der Waals surface area (Å²) in [6.07, 6.45) is 1.30. The van der Waals surface area contributed by atoms with E-state index in [4.69, 9.17) is 11.6 Å². The van der Waals surface area contributed by atoms with E-state index >= 15 is 0 Å². The zero-order chi connectivity index (χ0) is 9.68. The molecule has 2 nitrogen and oxygen atoms in total. The van der Waals surface area contributed by atoms with Gasteiger partial charge in [-0.15, -0.1) is 11.6 Å². The molecule has 0 aromatic carbocycles. The highest BCUT2D eigenvalue weighted by atomic mass is 35.5. The van der Waals surface area contributed by atoms with Crippen molar-refractivity contribution in [3.63, 3.8) is 0 Å². The Balaban J connectivity index is 2.25. The number of hydrogen-bond donors (Lipinski definition) is 0. The van der Waals surface area contributed by atoms with E-state index in [2.05, 4.69) is 23.8 Å². The highest BCUT2D eigenvalue weighted by molar-refractivity contribution is 6.18. The van der Waals surface area contributed by atoms with Crippen molar-refractivity contribution in [3.05, 3.63) is 0 Å². The van der Waals surface area contributed by atoms with E-state index in [1.165, 1.54) is 32.6 Å². The van der Waals surface area contributed by atoms with Crippen molar-refractivity contribution < 1.29 is 0 Å². The molecular formula is C10H21ClN2. The lowest BCUT2D eigenvalue weighted by molar-refractivity contribution is 0.250. The second-order valence-corrected chi connectivity index (χ2v) is 4.53. The van der Waals surface area contributed by atoms with Gasteiger partial charge in [0.1, 0.15) is 0 Å². The van der Waals surface area contributed by atoms with Gasteiger partial charge in [0.05, 0.1) is 0 Å². The fourth-order valence-electron chi connectivity index (χ4n) is 1.77. The van der Waals surface area contributed by atoms with Gasteiger partial charge in [0, 0.05) is 25.5 Å². The van der Waals surface area contributed by atoms with Crippen molar-refractivity contribution in [3.8, 4) is 0 Å². The summed E-state index contributed by atoms with van der Waals surface area (Å²) in [7, 11) is 2.20. The predicted molar refractivity (Wildman–Crippen MR) is 58.4 cm³/mol. The maximum absolute atomic E-state index is 5.80. The van der Waals surface area contributed by atoms with Crippen LogP contribution in [0.2, 0.25) is 0 Å². The van der Waals surface area contributed by atoms with Crippen LogP contribution in [0, 0.1) is 5.92 Å². The number of alkyl halides is 1. The normalized spacial score (nSPS) is 24.2. The lowest BCUT2D eigenvalue weighted by Crippen LogP contribution is -2.32. The van der Waals surface area contributed by atoms with E-state index in [1.807, 2.05) is 0 Å². The third-order valence-corrected chi connectivity index (χ3v) is 3.17. The Hall–Kier alpha value is 0.210. The van der Waals surface area contributed by atoms with Crippen LogP contribution in [0.5, 0.6) is 0 Å². The van der Waals surface area contributed by atoms with Gasteiger partial charge in [-0.05, 0) is 32.5 Å². The van der Waals surface area contributed by atoms with Crippen LogP contribution in [0.25, 0.3) is 0 Å². The first-order valence-electron chi connectivity index (χ1n) is 5.19. The molecule has 13 heavy (non-hydrogen) atoms. The molecule has 1 heterocycles. The van der Waals surface area contributed by atoms with E-state index in [0.717, 1.165) is 12.4 Å². The molecule has 78 valence electrons. The zero-order valence-corrected chi connectivity index (χ0v) is 9.56. The highest BCUT2D eigenvalue weighted by Crippen LogP contribution is 2.06. The molecule has 0 spiro atoms. The maximum Gasteiger partial charge on any atom is 0.0261 e. The summed E-state index contributed by atoms with van der Waals surface area (Å²) >= 11 is 5.80. The number of likely N-dealkylation sites (N-methyl/N-ethyl adjacent to an activating group) is 1. The van der Waals surface area contributed by atoms with Crippen LogP contribution >= 0.6 is 11.6 Å². The summed E-state index contributed by atoms with van der Waals surface area (Å²) in [6, 6.07) is 0. The standard InChI is InChI=1S/C10H21ClN2/c1-10(8-11)9-13-5-3-4-12(2)6-7-13/h10H,3-9H2,1-2H3. The maximum atomic E-state index is 5.80. The summed E-state index contributed by atoms with van der Waals surface area (Å²) in [4.78, 5) is 4.95. The third-order valence-electron chi connectivity index (χ3n) is 2.65. The Morgan fingerprint density at radius 1 is 1.23 bits per heavy atom. The topological polar surface area (TPSA) is 6.48 Å². The Bertz CT molecular complexity index is 141. The minimum Gasteiger partial charge on any atom is -0.305 e. The van der Waals surface area contributed by atoms with Gasteiger partial charge >= 0.3 is 0 Å². The van der Waals surface area contributed by atoms with Crippen molar-refractivity contribution in [1.82, 2.24) is 9.80 Å². The Morgan fingerprint density at radius 2 is 2.00 bits per heavy atom. The van der Waals surface area contributed by atoms with E-state index in [9.17, 15) is 0 Å². The number of hydrogen-bond acceptors (Lipinski definition) is 2. The minimum atomic E-state index is 0.630. The van der Waals surface area contributed by atoms with E-state index < -0.39 is 0 Å². The first kappa shape index (κ1) is 11.3. The number of rotatable bonds is 3. The van der Waals surface area contributed by atoms with Crippen LogP contribution < -0.4 is 0 Å². The third kappa shape index (κ3) is 4.30. The first-order chi connectivity index (χ1) is 6.22. The molecule has 1 aliphatic heterocycles. The monoisotopic (exact) mass is 204 g/mol. The highest BCUT2D eigenvalue weighted by Gasteiger charge is 2.13. The van der Waals surface area contributed by atoms with Crippen LogP contribution in [0.4, 0.5) is 0 Å². The molecule has 0 saturated carbocycles. The van der Waals surface area contributed by atoms with Gasteiger partial charge in [0.25, 0.3) is 0 Å². The number of halogens is 1. The van der Waals surface area contributed by atoms with Crippen molar-refractivity contribution in [1.29, 1.82) is 0 Å². The molecule has 1 atom stereocenters. The molecule has 0 aromatic rings. The lowest BCUT2D eigenvalue weighted by atomic mass is 10.2. The second-order valence-electron chi connectivity index (χ2n) is 4.22. The summed E-state index contributed by atoms with van der Waals surface area (Å²) in [5.74, 6) is 1.41. The average molecular weight is 205 g/mol. The Morgan fingerprint density at radius 3 is 2.69 bits per heavy atom. The smallest absolute Gasteiger partial charge is 0.0261 e. The first-order valence-corrected chi connectivity index (χ1v) is 5.72. The number of nitrogens with zero attached hydrogens (tertiary/aromatic N) is 2. The van der Waals surface area contributed by atoms with Crippen LogP contribution in [0.1, 0.15) is 13.3 Å². The van der Waals surface area contributed by atoms with Gasteiger partial charge in [-0.1, -0.05) is 6.92 Å². The van der Waals surface area contributed by atoms with Crippen LogP contribution in [0.15, 0.2) is 0 Å². The molecule has 3 heteroatoms. The van der Waals surface area contributed by atoms with Crippen molar-refractivity contribution >= 4 is 11.6 Å². The largest absolute Gasteiger partial charge is 0.305 e. The van der Waals surface area contributed by atoms with Gasteiger partial charge in [0.2, 0.25) is 0 Å². The Kier molecular flexibility index (Phi) is 5.07. The molecule has 0 aromatic heterocycles. The fraction of sp³-hybridized carbons (Fsp3) is 1.00. The summed E-state index contributed by atoms with van der Waals surface area (Å²) < 4.78 is 0. The van der Waals surface area contributed by atoms with Gasteiger partial charge in [-0.3, -0.25) is 0 Å². The predicted octanol–water partition coefficient (Wildman–Crippen LogP) is 1.50. The van der Waals surface area contributed by atoms with Crippen molar-refractivity contribution in [2.24, 2.45) is 5.92 Å². The van der Waals surface area contributed by atoms with E-state index in [-0.39, 0.29) is 0 Å². The summed E-state index contributed by atoms with van der Waals surface area (Å²) in [5.41, 5.74) is 0. The van der Waals surface area contributed by atoms with Crippen molar-refractivity contribution in [2.45, 2.75) is 13.3 Å². The van der Waals surface area contributed by atoms with Gasteiger partial charge in [-0.2, -0.15) is 0 Å². The lowest BCUT2D eigenvalue weighted by Gasteiger charge is -2.22. The average Bonchev–Trinajstić information content (AvgIpc) is 2.31. The van der Waals surface area contributed by atoms with Crippen LogP contribution in [0.3, 0.4) is 0 Å². The Labute approximate surface area is 86.8 Å². The molecule has 1 aliphatic rings. The van der Waals surface area contributed by atoms with Gasteiger partial charge in [0.15, 0.2) is 0 Å². The molecule has 0 aliphatic carbocycles.